The van der Waals surface area contributed by atoms with Gasteiger partial charge in [0.15, 0.2) is 5.78 Å². The highest BCUT2D eigenvalue weighted by molar-refractivity contribution is 5.88. The molecule has 26 heavy (non-hydrogen) atoms. The number of rotatable bonds is 0. The second kappa shape index (κ2) is 5.35. The molecule has 0 aromatic carbocycles. The van der Waals surface area contributed by atoms with Gasteiger partial charge in [-0.3, -0.25) is 4.79 Å². The molecule has 1 saturated heterocycles. The summed E-state index contributed by atoms with van der Waals surface area (Å²) < 4.78 is 5.66. The fourth-order valence-corrected chi connectivity index (χ4v) is 9.36. The summed E-state index contributed by atoms with van der Waals surface area (Å²) in [6.07, 6.45) is 12.2. The molecule has 6 fully saturated rings. The number of Topliss-reactive ketones (excluding diaryl/α,β-unsaturated/α-hetero) is 1. The van der Waals surface area contributed by atoms with Gasteiger partial charge < -0.3 is 9.84 Å². The van der Waals surface area contributed by atoms with E-state index in [1.54, 1.807) is 0 Å². The highest BCUT2D eigenvalue weighted by Gasteiger charge is 2.66. The summed E-state index contributed by atoms with van der Waals surface area (Å²) in [5.74, 6) is 4.54. The highest BCUT2D eigenvalue weighted by Crippen LogP contribution is 2.70. The Hall–Kier alpha value is -0.410. The molecule has 3 heteroatoms. The van der Waals surface area contributed by atoms with Crippen molar-refractivity contribution in [3.8, 4) is 0 Å². The fourth-order valence-electron chi connectivity index (χ4n) is 9.36. The van der Waals surface area contributed by atoms with Gasteiger partial charge in [0.2, 0.25) is 0 Å². The summed E-state index contributed by atoms with van der Waals surface area (Å²) in [5, 5.41) is 10.2. The second-order valence-electron chi connectivity index (χ2n) is 11.1. The van der Waals surface area contributed by atoms with Crippen LogP contribution in [0.2, 0.25) is 0 Å². The average molecular weight is 359 g/mol. The third-order valence-electron chi connectivity index (χ3n) is 10.5. The number of carbonyl (C=O) groups is 1. The van der Waals surface area contributed by atoms with Gasteiger partial charge in [0.25, 0.3) is 0 Å². The van der Waals surface area contributed by atoms with E-state index in [-0.39, 0.29) is 12.2 Å². The molecule has 1 heterocycles. The Morgan fingerprint density at radius 2 is 1.92 bits per heavy atom. The average Bonchev–Trinajstić information content (AvgIpc) is 2.99. The van der Waals surface area contributed by atoms with E-state index in [9.17, 15) is 9.90 Å². The van der Waals surface area contributed by atoms with Crippen molar-refractivity contribution < 1.29 is 14.6 Å². The monoisotopic (exact) mass is 358 g/mol. The topological polar surface area (TPSA) is 46.5 Å². The lowest BCUT2D eigenvalue weighted by molar-refractivity contribution is -0.202. The molecule has 0 aromatic rings. The fraction of sp³-hybridized carbons (Fsp3) is 0.957. The van der Waals surface area contributed by atoms with Crippen LogP contribution in [0.25, 0.3) is 0 Å². The quantitative estimate of drug-likeness (QED) is 0.713. The Morgan fingerprint density at radius 3 is 2.73 bits per heavy atom. The van der Waals surface area contributed by atoms with Crippen LogP contribution in [0.1, 0.15) is 71.1 Å². The second-order valence-corrected chi connectivity index (χ2v) is 11.1. The Morgan fingerprint density at radius 1 is 1.04 bits per heavy atom. The van der Waals surface area contributed by atoms with E-state index in [4.69, 9.17) is 4.74 Å². The van der Waals surface area contributed by atoms with Gasteiger partial charge >= 0.3 is 0 Å². The molecule has 6 aliphatic rings. The summed E-state index contributed by atoms with van der Waals surface area (Å²) in [5.41, 5.74) is 0.781. The predicted octanol–water partition coefficient (Wildman–Crippen LogP) is 3.97. The van der Waals surface area contributed by atoms with Crippen LogP contribution in [-0.2, 0) is 9.53 Å². The number of ketones is 1. The maximum atomic E-state index is 13.1. The number of fused-ring (bicyclic) bond motifs is 5. The molecule has 144 valence electrons. The van der Waals surface area contributed by atoms with Crippen LogP contribution in [0.5, 0.6) is 0 Å². The molecule has 8 unspecified atom stereocenters. The number of hydrogen-bond donors (Lipinski definition) is 1. The zero-order chi connectivity index (χ0) is 17.7. The predicted molar refractivity (Wildman–Crippen MR) is 98.4 cm³/mol. The van der Waals surface area contributed by atoms with E-state index in [1.165, 1.54) is 44.9 Å². The van der Waals surface area contributed by atoms with Crippen molar-refractivity contribution >= 4 is 5.78 Å². The van der Waals surface area contributed by atoms with Crippen LogP contribution in [0.3, 0.4) is 0 Å². The lowest BCUT2D eigenvalue weighted by Crippen LogP contribution is -2.61. The molecule has 1 N–H and O–H groups in total. The molecule has 0 aromatic heterocycles. The van der Waals surface area contributed by atoms with Gasteiger partial charge in [0, 0.05) is 11.8 Å². The van der Waals surface area contributed by atoms with Crippen LogP contribution >= 0.6 is 0 Å². The molecule has 6 rings (SSSR count). The third kappa shape index (κ3) is 1.90. The Kier molecular flexibility index (Phi) is 3.40. The van der Waals surface area contributed by atoms with Gasteiger partial charge in [-0.1, -0.05) is 6.92 Å². The molecule has 0 bridgehead atoms. The number of aliphatic hydroxyl groups excluding tert-OH is 1. The standard InChI is InChI=1S/C23H34O3/c1-22-8-6-15(24)10-14(22)2-3-16-17(22)7-9-23-11-13-12-26-21(13)20(25)19(23)5-4-18(16)23/h13-19,21,24H,2-12H2,1H3/t13?,14-,15+,16?,17?,18?,19?,21?,22?,23?/m0/s1. The van der Waals surface area contributed by atoms with Gasteiger partial charge in [-0.25, -0.2) is 0 Å². The smallest absolute Gasteiger partial charge is 0.165 e. The van der Waals surface area contributed by atoms with Gasteiger partial charge in [0.1, 0.15) is 6.10 Å². The van der Waals surface area contributed by atoms with Gasteiger partial charge in [0.05, 0.1) is 12.7 Å². The van der Waals surface area contributed by atoms with Crippen molar-refractivity contribution in [1.29, 1.82) is 0 Å². The number of carbonyl (C=O) groups excluding carboxylic acids is 1. The van der Waals surface area contributed by atoms with Crippen LogP contribution in [0.4, 0.5) is 0 Å². The lowest BCUT2D eigenvalue weighted by Gasteiger charge is -2.63. The van der Waals surface area contributed by atoms with Crippen molar-refractivity contribution in [2.75, 3.05) is 6.61 Å². The maximum Gasteiger partial charge on any atom is 0.165 e. The van der Waals surface area contributed by atoms with Crippen molar-refractivity contribution in [3.63, 3.8) is 0 Å². The Bertz CT molecular complexity index is 631. The first-order chi connectivity index (χ1) is 12.5. The van der Waals surface area contributed by atoms with E-state index in [0.717, 1.165) is 49.5 Å². The van der Waals surface area contributed by atoms with E-state index in [0.29, 0.717) is 28.4 Å². The molecule has 3 nitrogen and oxygen atoms in total. The SMILES string of the molecule is CC12CC[C@@H](O)C[C@@H]1CCC1C3CCC4C(=O)C5OCC5CC43CCC12. The Labute approximate surface area is 157 Å². The Balaban J connectivity index is 1.32. The summed E-state index contributed by atoms with van der Waals surface area (Å²) in [4.78, 5) is 13.1. The molecule has 0 amide bonds. The first-order valence-corrected chi connectivity index (χ1v) is 11.4. The van der Waals surface area contributed by atoms with E-state index < -0.39 is 0 Å². The van der Waals surface area contributed by atoms with Crippen molar-refractivity contribution in [3.05, 3.63) is 0 Å². The van der Waals surface area contributed by atoms with Crippen molar-refractivity contribution in [1.82, 2.24) is 0 Å². The largest absolute Gasteiger partial charge is 0.393 e. The van der Waals surface area contributed by atoms with Crippen molar-refractivity contribution in [2.24, 2.45) is 46.3 Å². The van der Waals surface area contributed by atoms with Crippen molar-refractivity contribution in [2.45, 2.75) is 83.3 Å². The van der Waals surface area contributed by atoms with E-state index >= 15 is 0 Å². The third-order valence-corrected chi connectivity index (χ3v) is 10.5. The number of hydrogen-bond acceptors (Lipinski definition) is 3. The molecule has 5 saturated carbocycles. The minimum absolute atomic E-state index is 0.0322. The van der Waals surface area contributed by atoms with E-state index in [1.807, 2.05) is 0 Å². The molecule has 1 spiro atoms. The van der Waals surface area contributed by atoms with Crippen LogP contribution in [0.15, 0.2) is 0 Å². The molecule has 10 atom stereocenters. The van der Waals surface area contributed by atoms with Gasteiger partial charge in [-0.05, 0) is 98.7 Å². The van der Waals surface area contributed by atoms with Gasteiger partial charge in [-0.2, -0.15) is 0 Å². The van der Waals surface area contributed by atoms with Crippen LogP contribution < -0.4 is 0 Å². The van der Waals surface area contributed by atoms with Gasteiger partial charge in [-0.15, -0.1) is 0 Å². The lowest BCUT2D eigenvalue weighted by atomic mass is 9.42. The first kappa shape index (κ1) is 16.5. The summed E-state index contributed by atoms with van der Waals surface area (Å²) in [6.45, 7) is 3.40. The molecule has 5 aliphatic carbocycles. The highest BCUT2D eigenvalue weighted by atomic mass is 16.5. The number of ether oxygens (including phenoxy) is 1. The van der Waals surface area contributed by atoms with Crippen LogP contribution in [-0.4, -0.2) is 29.7 Å². The zero-order valence-electron chi connectivity index (χ0n) is 16.2. The van der Waals surface area contributed by atoms with E-state index in [2.05, 4.69) is 6.92 Å². The normalized spacial score (nSPS) is 60.8. The molecular formula is C23H34O3. The first-order valence-electron chi connectivity index (χ1n) is 11.4. The maximum absolute atomic E-state index is 13.1. The zero-order valence-corrected chi connectivity index (χ0v) is 16.2. The molecule has 0 radical (unpaired) electrons. The molecule has 1 aliphatic heterocycles. The number of aliphatic hydroxyl groups is 1. The minimum Gasteiger partial charge on any atom is -0.393 e. The summed E-state index contributed by atoms with van der Waals surface area (Å²) in [7, 11) is 0. The summed E-state index contributed by atoms with van der Waals surface area (Å²) in [6, 6.07) is 0. The minimum atomic E-state index is -0.0538. The molecular weight excluding hydrogens is 324 g/mol. The van der Waals surface area contributed by atoms with Crippen LogP contribution in [0, 0.1) is 46.3 Å². The summed E-state index contributed by atoms with van der Waals surface area (Å²) >= 11 is 0.